The van der Waals surface area contributed by atoms with Crippen molar-refractivity contribution in [3.05, 3.63) is 59.7 Å². The van der Waals surface area contributed by atoms with Gasteiger partial charge in [0.05, 0.1) is 0 Å². The molecule has 30 heavy (non-hydrogen) atoms. The third-order valence-corrected chi connectivity index (χ3v) is 5.25. The second-order valence-electron chi connectivity index (χ2n) is 7.09. The molecule has 1 spiro atoms. The fourth-order valence-corrected chi connectivity index (χ4v) is 3.89. The van der Waals surface area contributed by atoms with Crippen molar-refractivity contribution in [2.45, 2.75) is 18.4 Å². The van der Waals surface area contributed by atoms with Gasteiger partial charge in [0.1, 0.15) is 24.4 Å². The van der Waals surface area contributed by atoms with Gasteiger partial charge in [-0.25, -0.2) is 4.79 Å². The molecule has 8 nitrogen and oxygen atoms in total. The molecular formula is C21H23ClN4O4. The number of nitrogens with two attached hydrogens (primary N) is 1. The third kappa shape index (κ3) is 3.83. The molecule has 4 amide bonds. The maximum Gasteiger partial charge on any atom is 0.325 e. The number of aryl methyl sites for hydroxylation is 1. The van der Waals surface area contributed by atoms with Crippen LogP contribution >= 0.6 is 12.4 Å². The van der Waals surface area contributed by atoms with Crippen LogP contribution in [0.2, 0.25) is 0 Å². The molecule has 1 saturated heterocycles. The van der Waals surface area contributed by atoms with Crippen LogP contribution in [0, 0.1) is 0 Å². The predicted octanol–water partition coefficient (Wildman–Crippen LogP) is 1.78. The van der Waals surface area contributed by atoms with E-state index in [0.29, 0.717) is 37.4 Å². The zero-order valence-electron chi connectivity index (χ0n) is 16.2. The summed E-state index contributed by atoms with van der Waals surface area (Å²) >= 11 is 0. The fraction of sp³-hybridized carbons (Fsp3) is 0.286. The number of amides is 4. The van der Waals surface area contributed by atoms with Crippen LogP contribution in [0.15, 0.2) is 48.5 Å². The van der Waals surface area contributed by atoms with E-state index in [9.17, 15) is 14.4 Å². The number of carbonyl (C=O) groups excluding carboxylic acids is 3. The molecule has 0 saturated carbocycles. The summed E-state index contributed by atoms with van der Waals surface area (Å²) in [5.74, 6) is -0.190. The summed E-state index contributed by atoms with van der Waals surface area (Å²) in [6, 6.07) is 13.8. The van der Waals surface area contributed by atoms with Crippen molar-refractivity contribution < 1.29 is 19.1 Å². The average Bonchev–Trinajstić information content (AvgIpc) is 3.21. The van der Waals surface area contributed by atoms with Gasteiger partial charge in [0.2, 0.25) is 5.91 Å². The number of carbonyl (C=O) groups is 3. The van der Waals surface area contributed by atoms with Crippen LogP contribution in [0.4, 0.5) is 10.5 Å². The molecular weight excluding hydrogens is 408 g/mol. The van der Waals surface area contributed by atoms with Gasteiger partial charge in [-0.15, -0.1) is 12.4 Å². The lowest BCUT2D eigenvalue weighted by Crippen LogP contribution is -2.42. The van der Waals surface area contributed by atoms with E-state index in [0.717, 1.165) is 16.0 Å². The molecule has 1 atom stereocenters. The Bertz CT molecular complexity index is 966. The topological polar surface area (TPSA) is 114 Å². The summed E-state index contributed by atoms with van der Waals surface area (Å²) in [5.41, 5.74) is 6.74. The van der Waals surface area contributed by atoms with Crippen LogP contribution in [0.1, 0.15) is 17.5 Å². The molecule has 0 bridgehead atoms. The van der Waals surface area contributed by atoms with E-state index in [1.807, 2.05) is 24.3 Å². The van der Waals surface area contributed by atoms with Gasteiger partial charge in [-0.05, 0) is 48.2 Å². The van der Waals surface area contributed by atoms with E-state index < -0.39 is 17.5 Å². The van der Waals surface area contributed by atoms with Crippen LogP contribution in [-0.4, -0.2) is 42.4 Å². The Morgan fingerprint density at radius 2 is 1.90 bits per heavy atom. The van der Waals surface area contributed by atoms with Crippen molar-refractivity contribution in [2.24, 2.45) is 5.73 Å². The smallest absolute Gasteiger partial charge is 0.325 e. The van der Waals surface area contributed by atoms with Gasteiger partial charge in [-0.2, -0.15) is 0 Å². The fourth-order valence-electron chi connectivity index (χ4n) is 3.89. The minimum absolute atomic E-state index is 0. The van der Waals surface area contributed by atoms with Crippen LogP contribution < -0.4 is 21.1 Å². The zero-order chi connectivity index (χ0) is 20.4. The number of nitrogens with zero attached hydrogens (tertiary/aromatic N) is 1. The van der Waals surface area contributed by atoms with E-state index in [-0.39, 0.29) is 24.9 Å². The Hall–Kier alpha value is -3.10. The van der Waals surface area contributed by atoms with Gasteiger partial charge in [-0.1, -0.05) is 24.3 Å². The van der Waals surface area contributed by atoms with Crippen LogP contribution in [0.3, 0.4) is 0 Å². The molecule has 2 aliphatic rings. The summed E-state index contributed by atoms with van der Waals surface area (Å²) in [6.45, 7) is 0.471. The van der Waals surface area contributed by atoms with Crippen LogP contribution in [-0.2, 0) is 21.5 Å². The molecule has 2 aromatic carbocycles. The SMILES string of the molecule is Cl.NCCOc1ccc(NC(=O)CN2C(=O)NC3(CCc4ccccc43)C2=O)cc1. The minimum atomic E-state index is -1.06. The van der Waals surface area contributed by atoms with Gasteiger partial charge in [0, 0.05) is 12.2 Å². The first-order valence-corrected chi connectivity index (χ1v) is 9.49. The van der Waals surface area contributed by atoms with Gasteiger partial charge < -0.3 is 21.1 Å². The maximum absolute atomic E-state index is 13.1. The van der Waals surface area contributed by atoms with Crippen molar-refractivity contribution in [2.75, 3.05) is 25.0 Å². The second kappa shape index (κ2) is 8.73. The molecule has 1 unspecified atom stereocenters. The monoisotopic (exact) mass is 430 g/mol. The standard InChI is InChI=1S/C21H22N4O4.ClH/c22-11-12-29-16-7-5-15(6-8-16)23-18(26)13-25-19(27)21(24-20(25)28)10-9-14-3-1-2-4-17(14)21;/h1-8H,9-13,22H2,(H,23,26)(H,24,28);1H. The van der Waals surface area contributed by atoms with E-state index in [1.165, 1.54) is 0 Å². The van der Waals surface area contributed by atoms with Crippen molar-refractivity contribution in [3.63, 3.8) is 0 Å². The lowest BCUT2D eigenvalue weighted by atomic mass is 9.92. The Kier molecular flexibility index (Phi) is 6.28. The second-order valence-corrected chi connectivity index (χ2v) is 7.09. The number of hydrogen-bond donors (Lipinski definition) is 3. The normalized spacial score (nSPS) is 19.3. The molecule has 1 heterocycles. The third-order valence-electron chi connectivity index (χ3n) is 5.25. The average molecular weight is 431 g/mol. The van der Waals surface area contributed by atoms with Crippen LogP contribution in [0.5, 0.6) is 5.75 Å². The molecule has 4 N–H and O–H groups in total. The predicted molar refractivity (Wildman–Crippen MR) is 114 cm³/mol. The minimum Gasteiger partial charge on any atom is -0.492 e. The van der Waals surface area contributed by atoms with Crippen molar-refractivity contribution >= 4 is 35.9 Å². The quantitative estimate of drug-likeness (QED) is 0.604. The number of benzene rings is 2. The van der Waals surface area contributed by atoms with E-state index >= 15 is 0 Å². The first-order valence-electron chi connectivity index (χ1n) is 9.49. The van der Waals surface area contributed by atoms with E-state index in [1.54, 1.807) is 24.3 Å². The highest BCUT2D eigenvalue weighted by atomic mass is 35.5. The molecule has 0 radical (unpaired) electrons. The molecule has 4 rings (SSSR count). The lowest BCUT2D eigenvalue weighted by Gasteiger charge is -2.22. The Balaban J connectivity index is 0.00000256. The largest absolute Gasteiger partial charge is 0.492 e. The van der Waals surface area contributed by atoms with Gasteiger partial charge in [-0.3, -0.25) is 14.5 Å². The first kappa shape index (κ1) is 21.6. The van der Waals surface area contributed by atoms with Gasteiger partial charge >= 0.3 is 6.03 Å². The summed E-state index contributed by atoms with van der Waals surface area (Å²) < 4.78 is 5.39. The number of urea groups is 1. The highest BCUT2D eigenvalue weighted by Crippen LogP contribution is 2.41. The first-order chi connectivity index (χ1) is 14.0. The molecule has 9 heteroatoms. The molecule has 0 aromatic heterocycles. The Morgan fingerprint density at radius 3 is 2.63 bits per heavy atom. The number of hydrogen-bond acceptors (Lipinski definition) is 5. The highest BCUT2D eigenvalue weighted by molar-refractivity contribution is 6.10. The number of ether oxygens (including phenoxy) is 1. The summed E-state index contributed by atoms with van der Waals surface area (Å²) in [5, 5.41) is 5.51. The zero-order valence-corrected chi connectivity index (χ0v) is 17.0. The maximum atomic E-state index is 13.1. The summed E-state index contributed by atoms with van der Waals surface area (Å²) in [6.07, 6.45) is 1.21. The molecule has 1 aliphatic carbocycles. The summed E-state index contributed by atoms with van der Waals surface area (Å²) in [7, 11) is 0. The summed E-state index contributed by atoms with van der Waals surface area (Å²) in [4.78, 5) is 39.0. The van der Waals surface area contributed by atoms with Crippen molar-refractivity contribution in [1.29, 1.82) is 0 Å². The van der Waals surface area contributed by atoms with Gasteiger partial charge in [0.15, 0.2) is 0 Å². The molecule has 1 aliphatic heterocycles. The van der Waals surface area contributed by atoms with Gasteiger partial charge in [0.25, 0.3) is 5.91 Å². The van der Waals surface area contributed by atoms with E-state index in [4.69, 9.17) is 10.5 Å². The number of rotatable bonds is 6. The van der Waals surface area contributed by atoms with E-state index in [2.05, 4.69) is 10.6 Å². The highest BCUT2D eigenvalue weighted by Gasteiger charge is 2.55. The van der Waals surface area contributed by atoms with Crippen LogP contribution in [0.25, 0.3) is 0 Å². The molecule has 158 valence electrons. The Labute approximate surface area is 180 Å². The lowest BCUT2D eigenvalue weighted by molar-refractivity contribution is -0.134. The number of nitrogens with one attached hydrogen (secondary N) is 2. The number of anilines is 1. The number of halogens is 1. The number of imide groups is 1. The van der Waals surface area contributed by atoms with Crippen molar-refractivity contribution in [1.82, 2.24) is 10.2 Å². The number of fused-ring (bicyclic) bond motifs is 2. The van der Waals surface area contributed by atoms with Crippen molar-refractivity contribution in [3.8, 4) is 5.75 Å². The molecule has 2 aromatic rings. The molecule has 1 fully saturated rings. The Morgan fingerprint density at radius 1 is 1.17 bits per heavy atom.